The molecule has 0 unspecified atom stereocenters. The van der Waals surface area contributed by atoms with Crippen LogP contribution in [0.25, 0.3) is 0 Å². The van der Waals surface area contributed by atoms with E-state index < -0.39 is 27.2 Å². The molecule has 8 nitrogen and oxygen atoms in total. The van der Waals surface area contributed by atoms with Crippen molar-refractivity contribution < 1.29 is 19.4 Å². The Balaban J connectivity index is 2.29. The van der Waals surface area contributed by atoms with Crippen LogP contribution in [0, 0.1) is 20.2 Å². The molecule has 0 amide bonds. The van der Waals surface area contributed by atoms with E-state index in [1.807, 2.05) is 0 Å². The van der Waals surface area contributed by atoms with Gasteiger partial charge < -0.3 is 4.74 Å². The smallest absolute Gasteiger partial charge is 0.318 e. The summed E-state index contributed by atoms with van der Waals surface area (Å²) in [6.07, 6.45) is 11.6. The van der Waals surface area contributed by atoms with Gasteiger partial charge in [0, 0.05) is 12.5 Å². The minimum atomic E-state index is -0.796. The molecular weight excluding hydrogens is 352 g/mol. The molecule has 0 heterocycles. The fourth-order valence-electron chi connectivity index (χ4n) is 2.78. The van der Waals surface area contributed by atoms with Gasteiger partial charge in [-0.2, -0.15) is 0 Å². The van der Waals surface area contributed by atoms with Gasteiger partial charge in [0.25, 0.3) is 5.69 Å². The number of nitrogens with zero attached hydrogens (tertiary/aromatic N) is 2. The molecule has 8 heteroatoms. The van der Waals surface area contributed by atoms with Gasteiger partial charge in [0.05, 0.1) is 15.9 Å². The number of hydrogen-bond donors (Lipinski definition) is 0. The molecule has 0 fully saturated rings. The number of rotatable bonds is 14. The average Bonchev–Trinajstić information content (AvgIpc) is 2.63. The van der Waals surface area contributed by atoms with Gasteiger partial charge in [-0.05, 0) is 12.5 Å². The highest BCUT2D eigenvalue weighted by Crippen LogP contribution is 2.31. The molecule has 1 rings (SSSR count). The molecule has 1 aromatic rings. The van der Waals surface area contributed by atoms with E-state index in [1.165, 1.54) is 38.5 Å². The fourth-order valence-corrected chi connectivity index (χ4v) is 2.78. The quantitative estimate of drug-likeness (QED) is 0.134. The van der Waals surface area contributed by atoms with Crippen LogP contribution in [0.2, 0.25) is 0 Å². The molecule has 0 aliphatic carbocycles. The molecule has 0 aliphatic heterocycles. The molecule has 0 atom stereocenters. The number of ether oxygens (including phenoxy) is 1. The molecule has 150 valence electrons. The van der Waals surface area contributed by atoms with E-state index in [-0.39, 0.29) is 12.2 Å². The number of carbonyl (C=O) groups is 1. The lowest BCUT2D eigenvalue weighted by molar-refractivity contribution is -0.394. The summed E-state index contributed by atoms with van der Waals surface area (Å²) in [7, 11) is 0. The zero-order valence-electron chi connectivity index (χ0n) is 15.9. The Kier molecular flexibility index (Phi) is 10.7. The predicted octanol–water partition coefficient (Wildman–Crippen LogP) is 5.72. The van der Waals surface area contributed by atoms with E-state index in [0.717, 1.165) is 37.5 Å². The number of carbonyl (C=O) groups excluding carboxylic acids is 1. The maximum Gasteiger partial charge on any atom is 0.318 e. The second kappa shape index (κ2) is 12.8. The van der Waals surface area contributed by atoms with Crippen LogP contribution in [-0.2, 0) is 4.79 Å². The third-order valence-electron chi connectivity index (χ3n) is 4.31. The first-order valence-corrected chi connectivity index (χ1v) is 9.59. The van der Waals surface area contributed by atoms with E-state index in [0.29, 0.717) is 6.42 Å². The maximum absolute atomic E-state index is 11.9. The Labute approximate surface area is 159 Å². The summed E-state index contributed by atoms with van der Waals surface area (Å²) in [5.41, 5.74) is -1.00. The van der Waals surface area contributed by atoms with Crippen LogP contribution in [0.15, 0.2) is 18.2 Å². The van der Waals surface area contributed by atoms with Crippen molar-refractivity contribution in [2.45, 2.75) is 77.6 Å². The standard InChI is InChI=1S/C19H28N2O6/c1-2-3-4-5-6-7-8-9-10-11-12-19(22)27-18-14-13-16(20(23)24)15-17(18)21(25)26/h13-15H,2-12H2,1H3. The number of non-ortho nitro benzene ring substituents is 1. The Hall–Kier alpha value is -2.51. The van der Waals surface area contributed by atoms with Gasteiger partial charge in [0.2, 0.25) is 5.75 Å². The van der Waals surface area contributed by atoms with E-state index in [9.17, 15) is 25.0 Å². The van der Waals surface area contributed by atoms with E-state index in [2.05, 4.69) is 6.92 Å². The second-order valence-electron chi connectivity index (χ2n) is 6.57. The zero-order valence-corrected chi connectivity index (χ0v) is 15.9. The van der Waals surface area contributed by atoms with Crippen molar-refractivity contribution in [3.63, 3.8) is 0 Å². The summed E-state index contributed by atoms with van der Waals surface area (Å²) in [6, 6.07) is 2.96. The molecule has 0 spiro atoms. The van der Waals surface area contributed by atoms with Crippen LogP contribution < -0.4 is 4.74 Å². The van der Waals surface area contributed by atoms with Crippen LogP contribution >= 0.6 is 0 Å². The number of unbranched alkanes of at least 4 members (excludes halogenated alkanes) is 9. The van der Waals surface area contributed by atoms with Crippen LogP contribution in [-0.4, -0.2) is 15.8 Å². The number of nitro groups is 2. The summed E-state index contributed by atoms with van der Waals surface area (Å²) < 4.78 is 5.02. The first-order chi connectivity index (χ1) is 13.0. The summed E-state index contributed by atoms with van der Waals surface area (Å²) in [4.78, 5) is 32.0. The van der Waals surface area contributed by atoms with Crippen LogP contribution in [0.5, 0.6) is 5.75 Å². The van der Waals surface area contributed by atoms with Gasteiger partial charge in [0.15, 0.2) is 0 Å². The SMILES string of the molecule is CCCCCCCCCCCCC(=O)Oc1ccc([N+](=O)[O-])cc1[N+](=O)[O-]. The molecule has 0 bridgehead atoms. The summed E-state index contributed by atoms with van der Waals surface area (Å²) in [5.74, 6) is -0.825. The highest BCUT2D eigenvalue weighted by molar-refractivity contribution is 5.74. The van der Waals surface area contributed by atoms with Crippen molar-refractivity contribution in [2.75, 3.05) is 0 Å². The summed E-state index contributed by atoms with van der Waals surface area (Å²) >= 11 is 0. The maximum atomic E-state index is 11.9. The van der Waals surface area contributed by atoms with E-state index >= 15 is 0 Å². The molecule has 27 heavy (non-hydrogen) atoms. The van der Waals surface area contributed by atoms with Gasteiger partial charge >= 0.3 is 11.7 Å². The van der Waals surface area contributed by atoms with Crippen LogP contribution in [0.4, 0.5) is 11.4 Å². The normalized spacial score (nSPS) is 10.6. The van der Waals surface area contributed by atoms with Crippen LogP contribution in [0.3, 0.4) is 0 Å². The van der Waals surface area contributed by atoms with Crippen LogP contribution in [0.1, 0.15) is 77.6 Å². The van der Waals surface area contributed by atoms with Crippen molar-refractivity contribution >= 4 is 17.3 Å². The molecule has 0 saturated heterocycles. The molecule has 0 aromatic heterocycles. The molecule has 0 radical (unpaired) electrons. The summed E-state index contributed by atoms with van der Waals surface area (Å²) in [5, 5.41) is 21.7. The lowest BCUT2D eigenvalue weighted by Gasteiger charge is -2.05. The number of benzene rings is 1. The Morgan fingerprint density at radius 2 is 1.44 bits per heavy atom. The zero-order chi connectivity index (χ0) is 20.1. The molecular formula is C19H28N2O6. The van der Waals surface area contributed by atoms with Gasteiger partial charge in [-0.15, -0.1) is 0 Å². The highest BCUT2D eigenvalue weighted by atomic mass is 16.6. The van der Waals surface area contributed by atoms with Gasteiger partial charge in [0.1, 0.15) is 0 Å². The minimum Gasteiger partial charge on any atom is -0.419 e. The third-order valence-corrected chi connectivity index (χ3v) is 4.31. The largest absolute Gasteiger partial charge is 0.419 e. The summed E-state index contributed by atoms with van der Waals surface area (Å²) in [6.45, 7) is 2.20. The number of hydrogen-bond acceptors (Lipinski definition) is 6. The lowest BCUT2D eigenvalue weighted by atomic mass is 10.1. The van der Waals surface area contributed by atoms with Crippen molar-refractivity contribution in [3.05, 3.63) is 38.4 Å². The topological polar surface area (TPSA) is 113 Å². The van der Waals surface area contributed by atoms with Crippen molar-refractivity contribution in [1.29, 1.82) is 0 Å². The molecule has 0 saturated carbocycles. The predicted molar refractivity (Wildman–Crippen MR) is 102 cm³/mol. The minimum absolute atomic E-state index is 0.171. The molecule has 1 aromatic carbocycles. The van der Waals surface area contributed by atoms with E-state index in [1.54, 1.807) is 0 Å². The average molecular weight is 380 g/mol. The first kappa shape index (κ1) is 22.5. The Morgan fingerprint density at radius 1 is 0.889 bits per heavy atom. The van der Waals surface area contributed by atoms with Gasteiger partial charge in [-0.25, -0.2) is 0 Å². The van der Waals surface area contributed by atoms with Crippen molar-refractivity contribution in [2.24, 2.45) is 0 Å². The lowest BCUT2D eigenvalue weighted by Crippen LogP contribution is -2.09. The Bertz CT molecular complexity index is 633. The fraction of sp³-hybridized carbons (Fsp3) is 0.632. The van der Waals surface area contributed by atoms with Crippen molar-refractivity contribution in [3.8, 4) is 5.75 Å². The number of nitro benzene ring substituents is 2. The highest BCUT2D eigenvalue weighted by Gasteiger charge is 2.22. The Morgan fingerprint density at radius 3 is 1.96 bits per heavy atom. The molecule has 0 N–H and O–H groups in total. The second-order valence-corrected chi connectivity index (χ2v) is 6.57. The van der Waals surface area contributed by atoms with Crippen molar-refractivity contribution in [1.82, 2.24) is 0 Å². The van der Waals surface area contributed by atoms with E-state index in [4.69, 9.17) is 4.74 Å². The number of esters is 1. The monoisotopic (exact) mass is 380 g/mol. The third kappa shape index (κ3) is 9.12. The van der Waals surface area contributed by atoms with Gasteiger partial charge in [-0.1, -0.05) is 64.7 Å². The first-order valence-electron chi connectivity index (χ1n) is 9.59. The molecule has 0 aliphatic rings. The van der Waals surface area contributed by atoms with Gasteiger partial charge in [-0.3, -0.25) is 25.0 Å².